The molecule has 0 aliphatic heterocycles. The fraction of sp³-hybridized carbons (Fsp3) is 0.842. The SMILES string of the molecule is CCCCCC/C=C/CCCCCCCC(=O)OC[C@H](COP(=O)([O-])OC[C@@H](O)CO)OC(=O)CCCCCCC/C=C/CCCCCC. The Labute approximate surface area is 298 Å². The minimum atomic E-state index is -4.86. The highest BCUT2D eigenvalue weighted by Crippen LogP contribution is 2.38. The number of ether oxygens (including phenoxy) is 2. The van der Waals surface area contributed by atoms with Crippen LogP contribution in [0.4, 0.5) is 0 Å². The van der Waals surface area contributed by atoms with Crippen molar-refractivity contribution >= 4 is 19.8 Å². The first kappa shape index (κ1) is 47.4. The van der Waals surface area contributed by atoms with Crippen LogP contribution in [0.5, 0.6) is 0 Å². The number of aliphatic hydroxyl groups excluding tert-OH is 2. The van der Waals surface area contributed by atoms with Gasteiger partial charge in [0.15, 0.2) is 6.10 Å². The lowest BCUT2D eigenvalue weighted by molar-refractivity contribution is -0.230. The molecule has 11 heteroatoms. The van der Waals surface area contributed by atoms with Gasteiger partial charge < -0.3 is 33.6 Å². The van der Waals surface area contributed by atoms with E-state index in [4.69, 9.17) is 19.1 Å². The number of hydrogen-bond donors (Lipinski definition) is 2. The van der Waals surface area contributed by atoms with Gasteiger partial charge in [0, 0.05) is 12.8 Å². The number of carbonyl (C=O) groups excluding carboxylic acids is 2. The number of hydrogen-bond acceptors (Lipinski definition) is 10. The number of phosphoric ester groups is 1. The summed E-state index contributed by atoms with van der Waals surface area (Å²) in [6, 6.07) is 0. The first-order chi connectivity index (χ1) is 23.7. The second kappa shape index (κ2) is 34.9. The van der Waals surface area contributed by atoms with Crippen LogP contribution in [0.1, 0.15) is 168 Å². The standard InChI is InChI=1S/C38H71O10P/c1-3-5-7-9-11-13-15-17-19-21-23-25-27-29-37(41)45-33-36(34-47-49(43,44)46-32-35(40)31-39)48-38(42)30-28-26-24-22-20-18-16-14-12-10-8-6-4-2/h13-16,35-36,39-40H,3-12,17-34H2,1-2H3,(H,43,44)/p-1/b15-13+,16-14+/t35-,36+/m0/s1. The molecule has 0 amide bonds. The zero-order chi connectivity index (χ0) is 36.3. The van der Waals surface area contributed by atoms with Gasteiger partial charge in [-0.2, -0.15) is 0 Å². The van der Waals surface area contributed by atoms with Crippen LogP contribution in [-0.4, -0.2) is 60.8 Å². The summed E-state index contributed by atoms with van der Waals surface area (Å²) in [6.07, 6.45) is 31.2. The second-order valence-corrected chi connectivity index (χ2v) is 14.3. The maximum atomic E-state index is 12.5. The lowest BCUT2D eigenvalue weighted by Gasteiger charge is -2.26. The average molecular weight is 718 g/mol. The highest BCUT2D eigenvalue weighted by molar-refractivity contribution is 7.45. The van der Waals surface area contributed by atoms with Crippen molar-refractivity contribution in [3.8, 4) is 0 Å². The van der Waals surface area contributed by atoms with Crippen molar-refractivity contribution in [2.45, 2.75) is 180 Å². The van der Waals surface area contributed by atoms with Crippen LogP contribution in [0, 0.1) is 0 Å². The molecule has 0 aromatic heterocycles. The predicted molar refractivity (Wildman–Crippen MR) is 194 cm³/mol. The monoisotopic (exact) mass is 717 g/mol. The van der Waals surface area contributed by atoms with Crippen LogP contribution in [0.15, 0.2) is 24.3 Å². The maximum absolute atomic E-state index is 12.5. The van der Waals surface area contributed by atoms with Crippen LogP contribution >= 0.6 is 7.82 Å². The molecule has 0 heterocycles. The Morgan fingerprint density at radius 3 is 1.49 bits per heavy atom. The Bertz CT molecular complexity index is 879. The molecule has 0 bridgehead atoms. The van der Waals surface area contributed by atoms with Gasteiger partial charge in [0.25, 0.3) is 7.82 Å². The summed E-state index contributed by atoms with van der Waals surface area (Å²) in [4.78, 5) is 36.9. The molecule has 0 aromatic rings. The minimum Gasteiger partial charge on any atom is -0.756 e. The summed E-state index contributed by atoms with van der Waals surface area (Å²) in [6.45, 7) is 2.13. The van der Waals surface area contributed by atoms with E-state index in [1.807, 2.05) is 0 Å². The van der Waals surface area contributed by atoms with Crippen LogP contribution < -0.4 is 4.89 Å². The minimum absolute atomic E-state index is 0.158. The van der Waals surface area contributed by atoms with Crippen LogP contribution in [0.3, 0.4) is 0 Å². The van der Waals surface area contributed by atoms with Gasteiger partial charge in [-0.15, -0.1) is 0 Å². The molecule has 0 aromatic carbocycles. The molecule has 2 N–H and O–H groups in total. The highest BCUT2D eigenvalue weighted by Gasteiger charge is 2.21. The first-order valence-electron chi connectivity index (χ1n) is 19.3. The van der Waals surface area contributed by atoms with E-state index in [1.165, 1.54) is 51.4 Å². The summed E-state index contributed by atoms with van der Waals surface area (Å²) in [7, 11) is -4.86. The van der Waals surface area contributed by atoms with Crippen molar-refractivity contribution in [3.63, 3.8) is 0 Å². The fourth-order valence-corrected chi connectivity index (χ4v) is 5.81. The maximum Gasteiger partial charge on any atom is 0.306 e. The summed E-state index contributed by atoms with van der Waals surface area (Å²) < 4.78 is 32.2. The zero-order valence-corrected chi connectivity index (χ0v) is 31.8. The number of allylic oxidation sites excluding steroid dienone is 4. The molecular formula is C38H70O10P-. The predicted octanol–water partition coefficient (Wildman–Crippen LogP) is 8.81. The molecule has 0 saturated carbocycles. The van der Waals surface area contributed by atoms with Gasteiger partial charge in [-0.1, -0.05) is 115 Å². The third-order valence-electron chi connectivity index (χ3n) is 8.07. The molecule has 0 spiro atoms. The van der Waals surface area contributed by atoms with Gasteiger partial charge in [-0.3, -0.25) is 14.2 Å². The smallest absolute Gasteiger partial charge is 0.306 e. The van der Waals surface area contributed by atoms with E-state index in [2.05, 4.69) is 42.7 Å². The number of esters is 2. The summed E-state index contributed by atoms with van der Waals surface area (Å²) in [5.74, 6) is -0.981. The molecule has 0 radical (unpaired) electrons. The molecule has 0 rings (SSSR count). The molecule has 0 aliphatic carbocycles. The Morgan fingerprint density at radius 2 is 1.02 bits per heavy atom. The third-order valence-corrected chi connectivity index (χ3v) is 9.00. The molecule has 0 saturated heterocycles. The quantitative estimate of drug-likeness (QED) is 0.0278. The normalized spacial score (nSPS) is 14.3. The van der Waals surface area contributed by atoms with E-state index in [9.17, 15) is 24.2 Å². The number of rotatable bonds is 36. The van der Waals surface area contributed by atoms with E-state index in [0.29, 0.717) is 12.8 Å². The molecule has 49 heavy (non-hydrogen) atoms. The van der Waals surface area contributed by atoms with Crippen molar-refractivity contribution in [1.82, 2.24) is 0 Å². The Hall–Kier alpha value is -1.55. The lowest BCUT2D eigenvalue weighted by Crippen LogP contribution is -2.30. The van der Waals surface area contributed by atoms with Crippen LogP contribution in [0.2, 0.25) is 0 Å². The summed E-state index contributed by atoms with van der Waals surface area (Å²) in [5.41, 5.74) is 0. The first-order valence-corrected chi connectivity index (χ1v) is 20.7. The van der Waals surface area contributed by atoms with Gasteiger partial charge >= 0.3 is 11.9 Å². The van der Waals surface area contributed by atoms with Crippen molar-refractivity contribution in [3.05, 3.63) is 24.3 Å². The summed E-state index contributed by atoms with van der Waals surface area (Å²) >= 11 is 0. The Balaban J connectivity index is 4.39. The molecular weight excluding hydrogens is 647 g/mol. The molecule has 288 valence electrons. The largest absolute Gasteiger partial charge is 0.756 e. The molecule has 1 unspecified atom stereocenters. The Kier molecular flexibility index (Phi) is 33.8. The van der Waals surface area contributed by atoms with E-state index in [-0.39, 0.29) is 19.4 Å². The highest BCUT2D eigenvalue weighted by atomic mass is 31.2. The molecule has 10 nitrogen and oxygen atoms in total. The van der Waals surface area contributed by atoms with Gasteiger partial charge in [0.1, 0.15) is 12.7 Å². The van der Waals surface area contributed by atoms with Crippen LogP contribution in [-0.2, 0) is 32.7 Å². The van der Waals surface area contributed by atoms with E-state index < -0.39 is 51.8 Å². The number of aliphatic hydroxyl groups is 2. The van der Waals surface area contributed by atoms with Crippen molar-refractivity contribution in [1.29, 1.82) is 0 Å². The van der Waals surface area contributed by atoms with Crippen molar-refractivity contribution in [2.24, 2.45) is 0 Å². The average Bonchev–Trinajstić information content (AvgIpc) is 3.09. The van der Waals surface area contributed by atoms with E-state index >= 15 is 0 Å². The van der Waals surface area contributed by atoms with Crippen molar-refractivity contribution in [2.75, 3.05) is 26.4 Å². The van der Waals surface area contributed by atoms with Gasteiger partial charge in [-0.25, -0.2) is 0 Å². The lowest BCUT2D eigenvalue weighted by atomic mass is 10.1. The third kappa shape index (κ3) is 34.7. The molecule has 0 aliphatic rings. The topological polar surface area (TPSA) is 152 Å². The van der Waals surface area contributed by atoms with E-state index in [1.54, 1.807) is 0 Å². The fourth-order valence-electron chi connectivity index (χ4n) is 5.03. The summed E-state index contributed by atoms with van der Waals surface area (Å²) in [5, 5.41) is 18.2. The van der Waals surface area contributed by atoms with E-state index in [0.717, 1.165) is 77.0 Å². The number of phosphoric acid groups is 1. The van der Waals surface area contributed by atoms with Gasteiger partial charge in [0.2, 0.25) is 0 Å². The second-order valence-electron chi connectivity index (χ2n) is 12.9. The molecule has 0 fully saturated rings. The number of carbonyl (C=O) groups is 2. The Morgan fingerprint density at radius 1 is 0.612 bits per heavy atom. The van der Waals surface area contributed by atoms with Crippen LogP contribution in [0.25, 0.3) is 0 Å². The van der Waals surface area contributed by atoms with Crippen molar-refractivity contribution < 1.29 is 47.8 Å². The van der Waals surface area contributed by atoms with Gasteiger partial charge in [0.05, 0.1) is 19.8 Å². The van der Waals surface area contributed by atoms with Gasteiger partial charge in [-0.05, 0) is 64.2 Å². The number of unbranched alkanes of at least 4 members (excludes halogenated alkanes) is 18. The zero-order valence-electron chi connectivity index (χ0n) is 30.9. The molecule has 3 atom stereocenters.